The highest BCUT2D eigenvalue weighted by Gasteiger charge is 2.40. The van der Waals surface area contributed by atoms with Crippen molar-refractivity contribution in [2.45, 2.75) is 44.6 Å². The van der Waals surface area contributed by atoms with Crippen molar-refractivity contribution >= 4 is 5.91 Å². The van der Waals surface area contributed by atoms with Crippen molar-refractivity contribution in [3.8, 4) is 0 Å². The van der Waals surface area contributed by atoms with Crippen molar-refractivity contribution in [3.05, 3.63) is 12.2 Å². The van der Waals surface area contributed by atoms with Crippen LogP contribution in [-0.4, -0.2) is 23.7 Å². The van der Waals surface area contributed by atoms with Crippen LogP contribution in [0.1, 0.15) is 38.5 Å². The standard InChI is InChI=1S/C15H23NO2/c17-9-11-2-4-14(7-11)16-15(18)8-13-6-10-1-3-12(13)5-10/h2,4,10-14,17H,1,3,5-9H2,(H,16,18)/t10?,11-,12?,13?,14+/m0/s1. The molecule has 0 aromatic carbocycles. The van der Waals surface area contributed by atoms with E-state index in [9.17, 15) is 4.79 Å². The molecule has 2 bridgehead atoms. The fraction of sp³-hybridized carbons (Fsp3) is 0.800. The van der Waals surface area contributed by atoms with E-state index >= 15 is 0 Å². The van der Waals surface area contributed by atoms with Gasteiger partial charge in [0.1, 0.15) is 0 Å². The Kier molecular flexibility index (Phi) is 3.42. The molecule has 1 amide bonds. The highest BCUT2D eigenvalue weighted by molar-refractivity contribution is 5.77. The lowest BCUT2D eigenvalue weighted by Crippen LogP contribution is -2.34. The van der Waals surface area contributed by atoms with Gasteiger partial charge in [-0.05, 0) is 43.4 Å². The van der Waals surface area contributed by atoms with E-state index in [-0.39, 0.29) is 24.5 Å². The average molecular weight is 249 g/mol. The summed E-state index contributed by atoms with van der Waals surface area (Å²) in [6.07, 6.45) is 11.0. The Morgan fingerprint density at radius 3 is 2.72 bits per heavy atom. The third kappa shape index (κ3) is 2.46. The molecule has 100 valence electrons. The van der Waals surface area contributed by atoms with E-state index < -0.39 is 0 Å². The summed E-state index contributed by atoms with van der Waals surface area (Å²) in [7, 11) is 0. The lowest BCUT2D eigenvalue weighted by molar-refractivity contribution is -0.122. The van der Waals surface area contributed by atoms with Crippen molar-refractivity contribution in [1.29, 1.82) is 0 Å². The van der Waals surface area contributed by atoms with Gasteiger partial charge in [0, 0.05) is 25.0 Å². The zero-order valence-electron chi connectivity index (χ0n) is 10.8. The summed E-state index contributed by atoms with van der Waals surface area (Å²) in [6.45, 7) is 0.190. The molecule has 0 aromatic rings. The van der Waals surface area contributed by atoms with Crippen LogP contribution in [0.5, 0.6) is 0 Å². The van der Waals surface area contributed by atoms with E-state index in [0.29, 0.717) is 5.92 Å². The van der Waals surface area contributed by atoms with Crippen LogP contribution in [0, 0.1) is 23.7 Å². The molecule has 0 aromatic heterocycles. The number of carbonyl (C=O) groups excluding carboxylic acids is 1. The first-order chi connectivity index (χ1) is 8.74. The Hall–Kier alpha value is -0.830. The molecule has 3 heteroatoms. The molecule has 3 aliphatic carbocycles. The third-order valence-electron chi connectivity index (χ3n) is 5.09. The zero-order chi connectivity index (χ0) is 12.5. The highest BCUT2D eigenvalue weighted by atomic mass is 16.3. The summed E-state index contributed by atoms with van der Waals surface area (Å²) in [6, 6.07) is 0.147. The maximum absolute atomic E-state index is 12.0. The lowest BCUT2D eigenvalue weighted by Gasteiger charge is -2.22. The van der Waals surface area contributed by atoms with E-state index in [4.69, 9.17) is 5.11 Å². The normalized spacial score (nSPS) is 41.5. The van der Waals surface area contributed by atoms with Gasteiger partial charge in [0.15, 0.2) is 0 Å². The smallest absolute Gasteiger partial charge is 0.220 e. The minimum absolute atomic E-state index is 0.147. The molecule has 5 atom stereocenters. The topological polar surface area (TPSA) is 49.3 Å². The molecule has 18 heavy (non-hydrogen) atoms. The van der Waals surface area contributed by atoms with E-state index in [1.807, 2.05) is 12.2 Å². The van der Waals surface area contributed by atoms with Gasteiger partial charge in [-0.2, -0.15) is 0 Å². The molecule has 0 saturated heterocycles. The van der Waals surface area contributed by atoms with Crippen LogP contribution >= 0.6 is 0 Å². The molecular formula is C15H23NO2. The van der Waals surface area contributed by atoms with E-state index in [1.54, 1.807) is 0 Å². The van der Waals surface area contributed by atoms with Crippen molar-refractivity contribution < 1.29 is 9.90 Å². The predicted molar refractivity (Wildman–Crippen MR) is 69.8 cm³/mol. The fourth-order valence-corrected chi connectivity index (χ4v) is 4.15. The molecule has 2 fully saturated rings. The number of aliphatic hydroxyl groups is 1. The Morgan fingerprint density at radius 1 is 1.22 bits per heavy atom. The lowest BCUT2D eigenvalue weighted by atomic mass is 9.86. The number of rotatable bonds is 4. The van der Waals surface area contributed by atoms with Crippen LogP contribution in [0.4, 0.5) is 0 Å². The maximum Gasteiger partial charge on any atom is 0.220 e. The highest BCUT2D eigenvalue weighted by Crippen LogP contribution is 2.49. The molecular weight excluding hydrogens is 226 g/mol. The van der Waals surface area contributed by atoms with Gasteiger partial charge < -0.3 is 10.4 Å². The quantitative estimate of drug-likeness (QED) is 0.747. The second kappa shape index (κ2) is 5.04. The molecule has 2 saturated carbocycles. The van der Waals surface area contributed by atoms with Gasteiger partial charge in [-0.15, -0.1) is 0 Å². The van der Waals surface area contributed by atoms with E-state index in [1.165, 1.54) is 25.7 Å². The van der Waals surface area contributed by atoms with Crippen molar-refractivity contribution in [2.75, 3.05) is 6.61 Å². The van der Waals surface area contributed by atoms with Crippen molar-refractivity contribution in [3.63, 3.8) is 0 Å². The van der Waals surface area contributed by atoms with Gasteiger partial charge in [-0.25, -0.2) is 0 Å². The molecule has 0 heterocycles. The number of nitrogens with one attached hydrogen (secondary N) is 1. The van der Waals surface area contributed by atoms with E-state index in [0.717, 1.165) is 24.7 Å². The van der Waals surface area contributed by atoms with Crippen LogP contribution in [0.2, 0.25) is 0 Å². The van der Waals surface area contributed by atoms with Crippen LogP contribution < -0.4 is 5.32 Å². The molecule has 3 rings (SSSR count). The molecule has 0 spiro atoms. The SMILES string of the molecule is O=C(CC1CC2CCC1C2)N[C@@H]1C=C[C@H](CO)C1. The Labute approximate surface area is 109 Å². The number of amides is 1. The number of carbonyl (C=O) groups is 1. The molecule has 0 radical (unpaired) electrons. The summed E-state index contributed by atoms with van der Waals surface area (Å²) in [5.41, 5.74) is 0. The molecule has 3 aliphatic rings. The van der Waals surface area contributed by atoms with Gasteiger partial charge in [0.2, 0.25) is 5.91 Å². The first kappa shape index (κ1) is 12.2. The van der Waals surface area contributed by atoms with Crippen LogP contribution in [-0.2, 0) is 4.79 Å². The second-order valence-electron chi connectivity index (χ2n) is 6.38. The predicted octanol–water partition coefficient (Wildman–Crippen LogP) is 1.87. The number of fused-ring (bicyclic) bond motifs is 2. The van der Waals surface area contributed by atoms with Crippen LogP contribution in [0.15, 0.2) is 12.2 Å². The summed E-state index contributed by atoms with van der Waals surface area (Å²) in [4.78, 5) is 12.0. The first-order valence-corrected chi connectivity index (χ1v) is 7.33. The largest absolute Gasteiger partial charge is 0.396 e. The summed E-state index contributed by atoms with van der Waals surface area (Å²) in [5, 5.41) is 12.1. The van der Waals surface area contributed by atoms with Crippen molar-refractivity contribution in [1.82, 2.24) is 5.32 Å². The fourth-order valence-electron chi connectivity index (χ4n) is 4.15. The number of hydrogen-bond acceptors (Lipinski definition) is 2. The summed E-state index contributed by atoms with van der Waals surface area (Å²) in [5.74, 6) is 2.82. The molecule has 2 N–H and O–H groups in total. The monoisotopic (exact) mass is 249 g/mol. The zero-order valence-corrected chi connectivity index (χ0v) is 10.8. The molecule has 3 nitrogen and oxygen atoms in total. The maximum atomic E-state index is 12.0. The second-order valence-corrected chi connectivity index (χ2v) is 6.38. The van der Waals surface area contributed by atoms with Gasteiger partial charge in [-0.3, -0.25) is 4.79 Å². The first-order valence-electron chi connectivity index (χ1n) is 7.33. The van der Waals surface area contributed by atoms with Crippen molar-refractivity contribution in [2.24, 2.45) is 23.7 Å². The summed E-state index contributed by atoms with van der Waals surface area (Å²) >= 11 is 0. The minimum atomic E-state index is 0.147. The van der Waals surface area contributed by atoms with Gasteiger partial charge in [0.25, 0.3) is 0 Å². The Morgan fingerprint density at radius 2 is 2.11 bits per heavy atom. The van der Waals surface area contributed by atoms with Gasteiger partial charge in [-0.1, -0.05) is 18.6 Å². The van der Waals surface area contributed by atoms with E-state index in [2.05, 4.69) is 5.32 Å². The Bertz CT molecular complexity index is 352. The van der Waals surface area contributed by atoms with Gasteiger partial charge >= 0.3 is 0 Å². The number of hydrogen-bond donors (Lipinski definition) is 2. The average Bonchev–Trinajstić information content (AvgIpc) is 3.04. The Balaban J connectivity index is 1.44. The third-order valence-corrected chi connectivity index (χ3v) is 5.09. The molecule has 3 unspecified atom stereocenters. The van der Waals surface area contributed by atoms with Crippen LogP contribution in [0.25, 0.3) is 0 Å². The summed E-state index contributed by atoms with van der Waals surface area (Å²) < 4.78 is 0. The minimum Gasteiger partial charge on any atom is -0.396 e. The van der Waals surface area contributed by atoms with Crippen LogP contribution in [0.3, 0.4) is 0 Å². The van der Waals surface area contributed by atoms with Gasteiger partial charge in [0.05, 0.1) is 0 Å². The number of aliphatic hydroxyl groups excluding tert-OH is 1. The molecule has 0 aliphatic heterocycles.